The van der Waals surface area contributed by atoms with E-state index in [9.17, 15) is 4.79 Å². The van der Waals surface area contributed by atoms with E-state index < -0.39 is 0 Å². The molecule has 0 radical (unpaired) electrons. The van der Waals surface area contributed by atoms with Gasteiger partial charge in [0.05, 0.1) is 14.2 Å². The number of Topliss-reactive ketones (excluding diaryl/α,β-unsaturated/α-hetero) is 1. The van der Waals surface area contributed by atoms with E-state index >= 15 is 0 Å². The van der Waals surface area contributed by atoms with Crippen LogP contribution in [0.25, 0.3) is 0 Å². The van der Waals surface area contributed by atoms with Gasteiger partial charge in [-0.2, -0.15) is 0 Å². The first kappa shape index (κ1) is 13.9. The fourth-order valence-electron chi connectivity index (χ4n) is 2.48. The van der Waals surface area contributed by atoms with Gasteiger partial charge in [0.1, 0.15) is 0 Å². The van der Waals surface area contributed by atoms with Crippen LogP contribution in [0.4, 0.5) is 0 Å². The number of carbonyl (C=O) groups is 1. The molecule has 1 N–H and O–H groups in total. The molecule has 0 bridgehead atoms. The summed E-state index contributed by atoms with van der Waals surface area (Å²) in [5.74, 6) is 1.48. The van der Waals surface area contributed by atoms with Gasteiger partial charge >= 0.3 is 0 Å². The number of benzene rings is 1. The maximum absolute atomic E-state index is 12.7. The molecule has 19 heavy (non-hydrogen) atoms. The van der Waals surface area contributed by atoms with Crippen molar-refractivity contribution in [2.24, 2.45) is 5.41 Å². The molecule has 2 rings (SSSR count). The molecule has 0 spiro atoms. The Morgan fingerprint density at radius 2 is 1.84 bits per heavy atom. The number of hydrogen-bond donors (Lipinski definition) is 1. The molecule has 1 aliphatic carbocycles. The van der Waals surface area contributed by atoms with Crippen LogP contribution in [0.15, 0.2) is 12.1 Å². The highest BCUT2D eigenvalue weighted by Gasteiger charge is 2.49. The molecule has 104 valence electrons. The summed E-state index contributed by atoms with van der Waals surface area (Å²) in [5.41, 5.74) is 1.47. The van der Waals surface area contributed by atoms with Crippen molar-refractivity contribution in [2.75, 3.05) is 27.8 Å². The third-order valence-electron chi connectivity index (χ3n) is 3.83. The van der Waals surface area contributed by atoms with E-state index in [1.165, 1.54) is 0 Å². The van der Waals surface area contributed by atoms with Gasteiger partial charge in [-0.05, 0) is 44.5 Å². The molecule has 0 unspecified atom stereocenters. The van der Waals surface area contributed by atoms with Crippen LogP contribution < -0.4 is 14.8 Å². The van der Waals surface area contributed by atoms with Gasteiger partial charge in [0, 0.05) is 17.5 Å². The van der Waals surface area contributed by atoms with Gasteiger partial charge in [-0.25, -0.2) is 0 Å². The SMILES string of the molecule is CNCC1(C(=O)c2cc(OC)c(OC)cc2C)CC1. The Balaban J connectivity index is 2.37. The zero-order valence-electron chi connectivity index (χ0n) is 12.0. The number of aryl methyl sites for hydroxylation is 1. The van der Waals surface area contributed by atoms with Gasteiger partial charge in [-0.15, -0.1) is 0 Å². The van der Waals surface area contributed by atoms with Crippen LogP contribution in [0, 0.1) is 12.3 Å². The minimum atomic E-state index is -0.209. The molecule has 0 heterocycles. The van der Waals surface area contributed by atoms with E-state index in [4.69, 9.17) is 9.47 Å². The van der Waals surface area contributed by atoms with Crippen LogP contribution in [-0.2, 0) is 0 Å². The molecule has 4 nitrogen and oxygen atoms in total. The van der Waals surface area contributed by atoms with E-state index in [1.807, 2.05) is 20.0 Å². The first-order chi connectivity index (χ1) is 9.07. The Kier molecular flexibility index (Phi) is 3.80. The molecule has 1 aliphatic rings. The highest BCUT2D eigenvalue weighted by Crippen LogP contribution is 2.48. The highest BCUT2D eigenvalue weighted by atomic mass is 16.5. The lowest BCUT2D eigenvalue weighted by Gasteiger charge is -2.17. The van der Waals surface area contributed by atoms with E-state index in [-0.39, 0.29) is 11.2 Å². The van der Waals surface area contributed by atoms with Gasteiger partial charge in [0.25, 0.3) is 0 Å². The minimum Gasteiger partial charge on any atom is -0.493 e. The Hall–Kier alpha value is -1.55. The van der Waals surface area contributed by atoms with Crippen molar-refractivity contribution in [3.63, 3.8) is 0 Å². The van der Waals surface area contributed by atoms with Crippen molar-refractivity contribution in [1.82, 2.24) is 5.32 Å². The molecule has 0 saturated heterocycles. The summed E-state index contributed by atoms with van der Waals surface area (Å²) in [5, 5.41) is 3.11. The first-order valence-electron chi connectivity index (χ1n) is 6.50. The summed E-state index contributed by atoms with van der Waals surface area (Å²) < 4.78 is 10.5. The van der Waals surface area contributed by atoms with E-state index in [1.54, 1.807) is 20.3 Å². The normalized spacial score (nSPS) is 16.0. The molecule has 0 amide bonds. The second-order valence-corrected chi connectivity index (χ2v) is 5.16. The first-order valence-corrected chi connectivity index (χ1v) is 6.50. The second kappa shape index (κ2) is 5.21. The van der Waals surface area contributed by atoms with Crippen LogP contribution in [-0.4, -0.2) is 33.6 Å². The summed E-state index contributed by atoms with van der Waals surface area (Å²) >= 11 is 0. The van der Waals surface area contributed by atoms with Gasteiger partial charge in [-0.3, -0.25) is 4.79 Å². The van der Waals surface area contributed by atoms with Crippen molar-refractivity contribution < 1.29 is 14.3 Å². The number of ether oxygens (including phenoxy) is 2. The maximum Gasteiger partial charge on any atom is 0.170 e. The second-order valence-electron chi connectivity index (χ2n) is 5.16. The zero-order valence-corrected chi connectivity index (χ0v) is 12.0. The molecule has 1 fully saturated rings. The number of nitrogens with one attached hydrogen (secondary N) is 1. The molecule has 0 aromatic heterocycles. The molecular weight excluding hydrogens is 242 g/mol. The van der Waals surface area contributed by atoms with Gasteiger partial charge < -0.3 is 14.8 Å². The fourth-order valence-corrected chi connectivity index (χ4v) is 2.48. The lowest BCUT2D eigenvalue weighted by molar-refractivity contribution is 0.0899. The summed E-state index contributed by atoms with van der Waals surface area (Å²) in [4.78, 5) is 12.7. The molecule has 1 aromatic carbocycles. The third-order valence-corrected chi connectivity index (χ3v) is 3.83. The Morgan fingerprint density at radius 1 is 1.26 bits per heavy atom. The zero-order chi connectivity index (χ0) is 14.0. The number of ketones is 1. The largest absolute Gasteiger partial charge is 0.493 e. The molecule has 1 aromatic rings. The average molecular weight is 263 g/mol. The minimum absolute atomic E-state index is 0.209. The van der Waals surface area contributed by atoms with Crippen molar-refractivity contribution in [3.05, 3.63) is 23.3 Å². The van der Waals surface area contributed by atoms with Crippen molar-refractivity contribution in [3.8, 4) is 11.5 Å². The summed E-state index contributed by atoms with van der Waals surface area (Å²) in [6.07, 6.45) is 1.92. The maximum atomic E-state index is 12.7. The topological polar surface area (TPSA) is 47.6 Å². The molecule has 1 saturated carbocycles. The van der Waals surface area contributed by atoms with Crippen LogP contribution in [0.2, 0.25) is 0 Å². The summed E-state index contributed by atoms with van der Waals surface area (Å²) in [6.45, 7) is 2.67. The number of rotatable bonds is 6. The van der Waals surface area contributed by atoms with Crippen LogP contribution >= 0.6 is 0 Å². The van der Waals surface area contributed by atoms with Crippen molar-refractivity contribution in [1.29, 1.82) is 0 Å². The molecule has 0 aliphatic heterocycles. The van der Waals surface area contributed by atoms with Crippen molar-refractivity contribution in [2.45, 2.75) is 19.8 Å². The predicted molar refractivity (Wildman–Crippen MR) is 74.2 cm³/mol. The van der Waals surface area contributed by atoms with Crippen LogP contribution in [0.3, 0.4) is 0 Å². The van der Waals surface area contributed by atoms with E-state index in [2.05, 4.69) is 5.32 Å². The smallest absolute Gasteiger partial charge is 0.170 e. The van der Waals surface area contributed by atoms with Gasteiger partial charge in [0.15, 0.2) is 17.3 Å². The molecule has 4 heteroatoms. The fraction of sp³-hybridized carbons (Fsp3) is 0.533. The predicted octanol–water partition coefficient (Wildman–Crippen LogP) is 2.19. The van der Waals surface area contributed by atoms with Gasteiger partial charge in [-0.1, -0.05) is 0 Å². The Labute approximate surface area is 114 Å². The summed E-state index contributed by atoms with van der Waals surface area (Å²) in [6, 6.07) is 3.66. The number of hydrogen-bond acceptors (Lipinski definition) is 4. The average Bonchev–Trinajstić information content (AvgIpc) is 3.19. The van der Waals surface area contributed by atoms with Gasteiger partial charge in [0.2, 0.25) is 0 Å². The standard InChI is InChI=1S/C15H21NO3/c1-10-7-12(18-3)13(19-4)8-11(10)14(17)15(5-6-15)9-16-2/h7-8,16H,5-6,9H2,1-4H3. The molecular formula is C15H21NO3. The number of carbonyl (C=O) groups excluding carboxylic acids is 1. The lowest BCUT2D eigenvalue weighted by atomic mass is 9.91. The number of methoxy groups -OCH3 is 2. The van der Waals surface area contributed by atoms with E-state index in [0.29, 0.717) is 11.5 Å². The van der Waals surface area contributed by atoms with Crippen LogP contribution in [0.1, 0.15) is 28.8 Å². The van der Waals surface area contributed by atoms with Crippen LogP contribution in [0.5, 0.6) is 11.5 Å². The van der Waals surface area contributed by atoms with Crippen molar-refractivity contribution >= 4 is 5.78 Å². The highest BCUT2D eigenvalue weighted by molar-refractivity contribution is 6.04. The Morgan fingerprint density at radius 3 is 2.32 bits per heavy atom. The lowest BCUT2D eigenvalue weighted by Crippen LogP contribution is -2.28. The summed E-state index contributed by atoms with van der Waals surface area (Å²) in [7, 11) is 5.07. The monoisotopic (exact) mass is 263 g/mol. The third kappa shape index (κ3) is 2.45. The Bertz CT molecular complexity index is 492. The quantitative estimate of drug-likeness (QED) is 0.799. The van der Waals surface area contributed by atoms with E-state index in [0.717, 1.165) is 30.5 Å². The molecule has 0 atom stereocenters.